The molecule has 1 heterocycles. The lowest BCUT2D eigenvalue weighted by Gasteiger charge is -2.17. The van der Waals surface area contributed by atoms with Crippen LogP contribution < -0.4 is 5.32 Å². The number of benzene rings is 1. The summed E-state index contributed by atoms with van der Waals surface area (Å²) >= 11 is 0. The van der Waals surface area contributed by atoms with Crippen molar-refractivity contribution in [3.05, 3.63) is 65.5 Å². The van der Waals surface area contributed by atoms with Crippen LogP contribution in [0, 0.1) is 11.6 Å². The van der Waals surface area contributed by atoms with Crippen LogP contribution in [0.25, 0.3) is 0 Å². The molecular weight excluding hydrogens is 234 g/mol. The average molecular weight is 248 g/mol. The molecule has 0 aliphatic carbocycles. The molecule has 0 aliphatic heterocycles. The Morgan fingerprint density at radius 1 is 1.22 bits per heavy atom. The summed E-state index contributed by atoms with van der Waals surface area (Å²) in [5.74, 6) is -1.10. The normalized spacial score (nSPS) is 12.4. The molecule has 1 N–H and O–H groups in total. The lowest BCUT2D eigenvalue weighted by Crippen LogP contribution is -2.20. The molecule has 0 spiro atoms. The maximum absolute atomic E-state index is 13.7. The molecule has 0 saturated heterocycles. The summed E-state index contributed by atoms with van der Waals surface area (Å²) < 4.78 is 26.6. The summed E-state index contributed by atoms with van der Waals surface area (Å²) in [7, 11) is 1.75. The third kappa shape index (κ3) is 2.90. The van der Waals surface area contributed by atoms with E-state index in [-0.39, 0.29) is 6.04 Å². The van der Waals surface area contributed by atoms with E-state index in [1.807, 2.05) is 18.2 Å². The van der Waals surface area contributed by atoms with Crippen LogP contribution in [0.5, 0.6) is 0 Å². The van der Waals surface area contributed by atoms with Gasteiger partial charge in [-0.1, -0.05) is 12.1 Å². The molecule has 1 atom stereocenters. The fraction of sp³-hybridized carbons (Fsp3) is 0.214. The van der Waals surface area contributed by atoms with Gasteiger partial charge in [0.15, 0.2) is 0 Å². The van der Waals surface area contributed by atoms with E-state index >= 15 is 0 Å². The Labute approximate surface area is 105 Å². The van der Waals surface area contributed by atoms with Crippen LogP contribution in [0.4, 0.5) is 8.78 Å². The van der Waals surface area contributed by atoms with Crippen molar-refractivity contribution in [2.75, 3.05) is 7.05 Å². The molecule has 2 nitrogen and oxygen atoms in total. The lowest BCUT2D eigenvalue weighted by molar-refractivity contribution is 0.518. The monoisotopic (exact) mass is 248 g/mol. The first-order chi connectivity index (χ1) is 8.70. The molecule has 2 rings (SSSR count). The highest BCUT2D eigenvalue weighted by Crippen LogP contribution is 2.21. The summed E-state index contributed by atoms with van der Waals surface area (Å²) in [6.07, 6.45) is 2.25. The first kappa shape index (κ1) is 12.6. The van der Waals surface area contributed by atoms with E-state index in [0.717, 1.165) is 11.8 Å². The second-order valence-corrected chi connectivity index (χ2v) is 4.03. The smallest absolute Gasteiger partial charge is 0.130 e. The zero-order valence-corrected chi connectivity index (χ0v) is 10.0. The highest BCUT2D eigenvalue weighted by Gasteiger charge is 2.15. The fourth-order valence-corrected chi connectivity index (χ4v) is 1.88. The standard InChI is InChI=1S/C14H14F2N2/c1-17-14(9-11-4-2-3-7-18-11)12-6-5-10(15)8-13(12)16/h2-8,14,17H,9H2,1H3. The summed E-state index contributed by atoms with van der Waals surface area (Å²) in [5.41, 5.74) is 1.31. The van der Waals surface area contributed by atoms with Crippen molar-refractivity contribution in [3.63, 3.8) is 0 Å². The molecule has 0 saturated carbocycles. The summed E-state index contributed by atoms with van der Waals surface area (Å²) in [6, 6.07) is 9.01. The molecule has 18 heavy (non-hydrogen) atoms. The van der Waals surface area contributed by atoms with Gasteiger partial charge in [0.2, 0.25) is 0 Å². The van der Waals surface area contributed by atoms with Crippen LogP contribution in [-0.4, -0.2) is 12.0 Å². The van der Waals surface area contributed by atoms with Gasteiger partial charge >= 0.3 is 0 Å². The van der Waals surface area contributed by atoms with E-state index in [0.29, 0.717) is 12.0 Å². The molecule has 1 unspecified atom stereocenters. The highest BCUT2D eigenvalue weighted by molar-refractivity contribution is 5.23. The zero-order valence-electron chi connectivity index (χ0n) is 10.0. The van der Waals surface area contributed by atoms with Crippen LogP contribution >= 0.6 is 0 Å². The summed E-state index contributed by atoms with van der Waals surface area (Å²) in [5, 5.41) is 3.02. The van der Waals surface area contributed by atoms with Gasteiger partial charge < -0.3 is 5.32 Å². The van der Waals surface area contributed by atoms with E-state index in [1.165, 1.54) is 12.1 Å². The number of nitrogens with zero attached hydrogens (tertiary/aromatic N) is 1. The Bertz CT molecular complexity index is 514. The van der Waals surface area contributed by atoms with E-state index in [4.69, 9.17) is 0 Å². The number of rotatable bonds is 4. The van der Waals surface area contributed by atoms with Gasteiger partial charge in [-0.15, -0.1) is 0 Å². The first-order valence-corrected chi connectivity index (χ1v) is 5.73. The van der Waals surface area contributed by atoms with Gasteiger partial charge in [0.1, 0.15) is 11.6 Å². The molecule has 94 valence electrons. The number of hydrogen-bond donors (Lipinski definition) is 1. The topological polar surface area (TPSA) is 24.9 Å². The highest BCUT2D eigenvalue weighted by atomic mass is 19.1. The second kappa shape index (κ2) is 5.69. The first-order valence-electron chi connectivity index (χ1n) is 5.73. The van der Waals surface area contributed by atoms with Gasteiger partial charge in [-0.05, 0) is 25.2 Å². The summed E-state index contributed by atoms with van der Waals surface area (Å²) in [6.45, 7) is 0. The maximum atomic E-state index is 13.7. The Balaban J connectivity index is 2.23. The third-order valence-corrected chi connectivity index (χ3v) is 2.83. The molecule has 0 aliphatic rings. The van der Waals surface area contributed by atoms with Crippen molar-refractivity contribution < 1.29 is 8.78 Å². The molecule has 0 fully saturated rings. The van der Waals surface area contributed by atoms with Crippen molar-refractivity contribution in [2.45, 2.75) is 12.5 Å². The maximum Gasteiger partial charge on any atom is 0.130 e. The number of halogens is 2. The Hall–Kier alpha value is -1.81. The number of nitrogens with one attached hydrogen (secondary N) is 1. The molecular formula is C14H14F2N2. The van der Waals surface area contributed by atoms with Gasteiger partial charge in [-0.2, -0.15) is 0 Å². The quantitative estimate of drug-likeness (QED) is 0.900. The van der Waals surface area contributed by atoms with Crippen LogP contribution in [-0.2, 0) is 6.42 Å². The van der Waals surface area contributed by atoms with Crippen molar-refractivity contribution in [1.82, 2.24) is 10.3 Å². The molecule has 0 bridgehead atoms. The van der Waals surface area contributed by atoms with E-state index in [1.54, 1.807) is 13.2 Å². The Morgan fingerprint density at radius 3 is 2.67 bits per heavy atom. The van der Waals surface area contributed by atoms with Crippen LogP contribution in [0.2, 0.25) is 0 Å². The van der Waals surface area contributed by atoms with Gasteiger partial charge in [0, 0.05) is 36.0 Å². The number of hydrogen-bond acceptors (Lipinski definition) is 2. The van der Waals surface area contributed by atoms with E-state index in [2.05, 4.69) is 10.3 Å². The molecule has 0 amide bonds. The largest absolute Gasteiger partial charge is 0.313 e. The van der Waals surface area contributed by atoms with E-state index < -0.39 is 11.6 Å². The number of likely N-dealkylation sites (N-methyl/N-ethyl adjacent to an activating group) is 1. The number of pyridine rings is 1. The minimum atomic E-state index is -0.566. The molecule has 2 aromatic rings. The van der Waals surface area contributed by atoms with Gasteiger partial charge in [0.05, 0.1) is 0 Å². The Morgan fingerprint density at radius 2 is 2.06 bits per heavy atom. The predicted octanol–water partition coefficient (Wildman–Crippen LogP) is 2.86. The van der Waals surface area contributed by atoms with Crippen LogP contribution in [0.15, 0.2) is 42.6 Å². The lowest BCUT2D eigenvalue weighted by atomic mass is 10.0. The minimum Gasteiger partial charge on any atom is -0.313 e. The van der Waals surface area contributed by atoms with Gasteiger partial charge in [-0.3, -0.25) is 4.98 Å². The van der Waals surface area contributed by atoms with Gasteiger partial charge in [0.25, 0.3) is 0 Å². The average Bonchev–Trinajstić information content (AvgIpc) is 2.38. The molecule has 4 heteroatoms. The predicted molar refractivity (Wildman–Crippen MR) is 66.1 cm³/mol. The third-order valence-electron chi connectivity index (χ3n) is 2.83. The van der Waals surface area contributed by atoms with E-state index in [9.17, 15) is 8.78 Å². The minimum absolute atomic E-state index is 0.222. The van der Waals surface area contributed by atoms with Crippen molar-refractivity contribution in [2.24, 2.45) is 0 Å². The van der Waals surface area contributed by atoms with Crippen LogP contribution in [0.3, 0.4) is 0 Å². The number of aromatic nitrogens is 1. The molecule has 1 aromatic carbocycles. The Kier molecular flexibility index (Phi) is 3.99. The van der Waals surface area contributed by atoms with Crippen molar-refractivity contribution >= 4 is 0 Å². The van der Waals surface area contributed by atoms with Crippen molar-refractivity contribution in [3.8, 4) is 0 Å². The SMILES string of the molecule is CNC(Cc1ccccn1)c1ccc(F)cc1F. The fourth-order valence-electron chi connectivity index (χ4n) is 1.88. The van der Waals surface area contributed by atoms with Crippen molar-refractivity contribution in [1.29, 1.82) is 0 Å². The molecule has 0 radical (unpaired) electrons. The summed E-state index contributed by atoms with van der Waals surface area (Å²) in [4.78, 5) is 4.20. The zero-order chi connectivity index (χ0) is 13.0. The second-order valence-electron chi connectivity index (χ2n) is 4.03. The van der Waals surface area contributed by atoms with Crippen LogP contribution in [0.1, 0.15) is 17.3 Å². The van der Waals surface area contributed by atoms with Gasteiger partial charge in [-0.25, -0.2) is 8.78 Å². The molecule has 1 aromatic heterocycles.